The number of rotatable bonds is 4. The van der Waals surface area contributed by atoms with E-state index in [1.165, 1.54) is 12.1 Å². The molecule has 18 heavy (non-hydrogen) atoms. The molecule has 0 aliphatic rings. The zero-order valence-corrected chi connectivity index (χ0v) is 10.3. The molecule has 0 atom stereocenters. The molecule has 0 aliphatic carbocycles. The Hall–Kier alpha value is -2.24. The first kappa shape index (κ1) is 12.2. The van der Waals surface area contributed by atoms with Gasteiger partial charge in [-0.05, 0) is 5.92 Å². The van der Waals surface area contributed by atoms with Gasteiger partial charge in [0.1, 0.15) is 6.33 Å². The Morgan fingerprint density at radius 1 is 1.44 bits per heavy atom. The van der Waals surface area contributed by atoms with Crippen LogP contribution in [0.15, 0.2) is 30.6 Å². The number of aromatic nitrogens is 3. The smallest absolute Gasteiger partial charge is 0.270 e. The van der Waals surface area contributed by atoms with Gasteiger partial charge in [-0.15, -0.1) is 10.2 Å². The van der Waals surface area contributed by atoms with Crippen LogP contribution in [0.3, 0.4) is 0 Å². The van der Waals surface area contributed by atoms with E-state index in [1.54, 1.807) is 18.5 Å². The zero-order chi connectivity index (χ0) is 13.1. The largest absolute Gasteiger partial charge is 0.313 e. The Morgan fingerprint density at radius 3 is 2.89 bits per heavy atom. The first-order chi connectivity index (χ1) is 8.58. The standard InChI is InChI=1S/C12H14N4O2/c1-9(2)7-15-8-13-14-12(15)10-4-3-5-11(6-10)16(17)18/h3-6,8-9H,7H2,1-2H3. The van der Waals surface area contributed by atoms with Gasteiger partial charge in [0, 0.05) is 24.2 Å². The molecule has 0 unspecified atom stereocenters. The maximum absolute atomic E-state index is 10.7. The Kier molecular flexibility index (Phi) is 3.36. The van der Waals surface area contributed by atoms with Gasteiger partial charge in [-0.1, -0.05) is 26.0 Å². The SMILES string of the molecule is CC(C)Cn1cnnc1-c1cccc([N+](=O)[O-])c1. The number of nitro groups is 1. The summed E-state index contributed by atoms with van der Waals surface area (Å²) in [4.78, 5) is 10.3. The average molecular weight is 246 g/mol. The number of non-ortho nitro benzene ring substituents is 1. The summed E-state index contributed by atoms with van der Waals surface area (Å²) >= 11 is 0. The first-order valence-corrected chi connectivity index (χ1v) is 5.70. The fraction of sp³-hybridized carbons (Fsp3) is 0.333. The van der Waals surface area contributed by atoms with Crippen molar-refractivity contribution in [1.82, 2.24) is 14.8 Å². The summed E-state index contributed by atoms with van der Waals surface area (Å²) in [6.07, 6.45) is 1.65. The molecule has 1 aromatic heterocycles. The van der Waals surface area contributed by atoms with Crippen molar-refractivity contribution in [3.8, 4) is 11.4 Å². The Balaban J connectivity index is 2.39. The van der Waals surface area contributed by atoms with Crippen molar-refractivity contribution in [2.45, 2.75) is 20.4 Å². The van der Waals surface area contributed by atoms with Crippen molar-refractivity contribution in [3.63, 3.8) is 0 Å². The molecular formula is C12H14N4O2. The lowest BCUT2D eigenvalue weighted by Crippen LogP contribution is -2.05. The summed E-state index contributed by atoms with van der Waals surface area (Å²) in [6.45, 7) is 4.97. The highest BCUT2D eigenvalue weighted by Gasteiger charge is 2.12. The molecule has 0 amide bonds. The van der Waals surface area contributed by atoms with Crippen LogP contribution in [-0.2, 0) is 6.54 Å². The Morgan fingerprint density at radius 2 is 2.22 bits per heavy atom. The number of nitrogens with zero attached hydrogens (tertiary/aromatic N) is 4. The highest BCUT2D eigenvalue weighted by Crippen LogP contribution is 2.22. The van der Waals surface area contributed by atoms with Crippen molar-refractivity contribution in [2.75, 3.05) is 0 Å². The topological polar surface area (TPSA) is 73.8 Å². The van der Waals surface area contributed by atoms with E-state index in [4.69, 9.17) is 0 Å². The molecule has 0 saturated heterocycles. The van der Waals surface area contributed by atoms with E-state index in [1.807, 2.05) is 4.57 Å². The first-order valence-electron chi connectivity index (χ1n) is 5.70. The predicted molar refractivity (Wildman–Crippen MR) is 67.0 cm³/mol. The van der Waals surface area contributed by atoms with E-state index in [0.29, 0.717) is 17.3 Å². The molecule has 0 bridgehead atoms. The molecule has 94 valence electrons. The molecule has 0 spiro atoms. The molecule has 2 aromatic rings. The van der Waals surface area contributed by atoms with Gasteiger partial charge in [0.05, 0.1) is 4.92 Å². The summed E-state index contributed by atoms with van der Waals surface area (Å²) in [5, 5.41) is 18.6. The van der Waals surface area contributed by atoms with E-state index < -0.39 is 4.92 Å². The highest BCUT2D eigenvalue weighted by molar-refractivity contribution is 5.59. The highest BCUT2D eigenvalue weighted by atomic mass is 16.6. The van der Waals surface area contributed by atoms with Crippen molar-refractivity contribution >= 4 is 5.69 Å². The minimum atomic E-state index is -0.410. The molecule has 0 radical (unpaired) electrons. The van der Waals surface area contributed by atoms with Crippen molar-refractivity contribution in [3.05, 3.63) is 40.7 Å². The van der Waals surface area contributed by atoms with Crippen LogP contribution in [0.1, 0.15) is 13.8 Å². The maximum atomic E-state index is 10.7. The van der Waals surface area contributed by atoms with Gasteiger partial charge in [0.15, 0.2) is 5.82 Å². The minimum Gasteiger partial charge on any atom is -0.313 e. The summed E-state index contributed by atoms with van der Waals surface area (Å²) in [7, 11) is 0. The normalized spacial score (nSPS) is 10.8. The van der Waals surface area contributed by atoms with Crippen LogP contribution in [0, 0.1) is 16.0 Å². The van der Waals surface area contributed by atoms with E-state index in [0.717, 1.165) is 6.54 Å². The van der Waals surface area contributed by atoms with E-state index in [9.17, 15) is 10.1 Å². The minimum absolute atomic E-state index is 0.0617. The fourth-order valence-electron chi connectivity index (χ4n) is 1.76. The van der Waals surface area contributed by atoms with E-state index >= 15 is 0 Å². The molecular weight excluding hydrogens is 232 g/mol. The van der Waals surface area contributed by atoms with Gasteiger partial charge in [-0.25, -0.2) is 0 Å². The van der Waals surface area contributed by atoms with Gasteiger partial charge in [0.2, 0.25) is 0 Å². The molecule has 0 fully saturated rings. The van der Waals surface area contributed by atoms with Crippen LogP contribution < -0.4 is 0 Å². The lowest BCUT2D eigenvalue weighted by molar-refractivity contribution is -0.384. The Labute approximate surface area is 104 Å². The second-order valence-electron chi connectivity index (χ2n) is 4.51. The van der Waals surface area contributed by atoms with Gasteiger partial charge < -0.3 is 4.57 Å². The molecule has 1 heterocycles. The van der Waals surface area contributed by atoms with Crippen LogP contribution >= 0.6 is 0 Å². The van der Waals surface area contributed by atoms with Crippen molar-refractivity contribution < 1.29 is 4.92 Å². The third-order valence-corrected chi connectivity index (χ3v) is 2.49. The monoisotopic (exact) mass is 246 g/mol. The van der Waals surface area contributed by atoms with Crippen molar-refractivity contribution in [2.24, 2.45) is 5.92 Å². The van der Waals surface area contributed by atoms with E-state index in [-0.39, 0.29) is 5.69 Å². The quantitative estimate of drug-likeness (QED) is 0.613. The maximum Gasteiger partial charge on any atom is 0.270 e. The molecule has 2 rings (SSSR count). The molecule has 1 aromatic carbocycles. The van der Waals surface area contributed by atoms with Crippen LogP contribution in [0.5, 0.6) is 0 Å². The van der Waals surface area contributed by atoms with Gasteiger partial charge in [-0.3, -0.25) is 10.1 Å². The number of hydrogen-bond acceptors (Lipinski definition) is 4. The molecule has 6 heteroatoms. The van der Waals surface area contributed by atoms with Crippen LogP contribution in [0.4, 0.5) is 5.69 Å². The Bertz CT molecular complexity index is 563. The third kappa shape index (κ3) is 2.53. The fourth-order valence-corrected chi connectivity index (χ4v) is 1.76. The van der Waals surface area contributed by atoms with Gasteiger partial charge >= 0.3 is 0 Å². The third-order valence-electron chi connectivity index (χ3n) is 2.49. The summed E-state index contributed by atoms with van der Waals surface area (Å²) < 4.78 is 1.91. The van der Waals surface area contributed by atoms with Crippen molar-refractivity contribution in [1.29, 1.82) is 0 Å². The zero-order valence-electron chi connectivity index (χ0n) is 10.3. The number of nitro benzene ring substituents is 1. The van der Waals surface area contributed by atoms with Crippen LogP contribution in [0.25, 0.3) is 11.4 Å². The number of hydrogen-bond donors (Lipinski definition) is 0. The second kappa shape index (κ2) is 4.95. The van der Waals surface area contributed by atoms with Crippen LogP contribution in [0.2, 0.25) is 0 Å². The average Bonchev–Trinajstić information content (AvgIpc) is 2.76. The second-order valence-corrected chi connectivity index (χ2v) is 4.51. The summed E-state index contributed by atoms with van der Waals surface area (Å²) in [6, 6.07) is 6.43. The van der Waals surface area contributed by atoms with E-state index in [2.05, 4.69) is 24.0 Å². The van der Waals surface area contributed by atoms with Gasteiger partial charge in [0.25, 0.3) is 5.69 Å². The molecule has 0 aliphatic heterocycles. The molecule has 6 nitrogen and oxygen atoms in total. The predicted octanol–water partition coefficient (Wildman–Crippen LogP) is 2.51. The van der Waals surface area contributed by atoms with Crippen LogP contribution in [-0.4, -0.2) is 19.7 Å². The molecule has 0 N–H and O–H groups in total. The lowest BCUT2D eigenvalue weighted by Gasteiger charge is -2.08. The lowest BCUT2D eigenvalue weighted by atomic mass is 10.1. The summed E-state index contributed by atoms with van der Waals surface area (Å²) in [5.41, 5.74) is 0.772. The molecule has 0 saturated carbocycles. The summed E-state index contributed by atoms with van der Waals surface area (Å²) in [5.74, 6) is 1.12. The van der Waals surface area contributed by atoms with Gasteiger partial charge in [-0.2, -0.15) is 0 Å². The number of benzene rings is 1.